The van der Waals surface area contributed by atoms with E-state index in [0.717, 1.165) is 16.3 Å². The van der Waals surface area contributed by atoms with Gasteiger partial charge in [-0.25, -0.2) is 18.6 Å². The topological polar surface area (TPSA) is 57.7 Å². The monoisotopic (exact) mass is 633 g/mol. The van der Waals surface area contributed by atoms with Crippen molar-refractivity contribution in [3.8, 4) is 28.3 Å². The summed E-state index contributed by atoms with van der Waals surface area (Å²) >= 11 is 0. The number of carbonyl (C=O) groups excluding carboxylic acids is 1. The number of pyridine rings is 1. The van der Waals surface area contributed by atoms with Crippen LogP contribution < -0.4 is 4.74 Å². The molecule has 1 atom stereocenters. The molecule has 4 aromatic carbocycles. The number of hydrogen-bond donors (Lipinski definition) is 0. The van der Waals surface area contributed by atoms with Gasteiger partial charge in [-0.3, -0.25) is 0 Å². The third-order valence-corrected chi connectivity index (χ3v) is 8.00. The number of ether oxygens (including phenoxy) is 3. The number of carbonyl (C=O) groups is 1. The van der Waals surface area contributed by atoms with Gasteiger partial charge < -0.3 is 14.2 Å². The van der Waals surface area contributed by atoms with Gasteiger partial charge in [-0.1, -0.05) is 87.2 Å². The van der Waals surface area contributed by atoms with Crippen LogP contribution >= 0.6 is 0 Å². The number of esters is 1. The fraction of sp³-hybridized carbons (Fsp3) is 0.200. The van der Waals surface area contributed by atoms with Crippen LogP contribution in [0.1, 0.15) is 54.3 Å². The Morgan fingerprint density at radius 1 is 0.872 bits per heavy atom. The summed E-state index contributed by atoms with van der Waals surface area (Å²) in [6.45, 7) is 8.01. The van der Waals surface area contributed by atoms with Crippen molar-refractivity contribution in [1.82, 2.24) is 4.98 Å². The van der Waals surface area contributed by atoms with E-state index in [4.69, 9.17) is 19.2 Å². The van der Waals surface area contributed by atoms with Crippen molar-refractivity contribution in [3.05, 3.63) is 144 Å². The molecule has 0 saturated heterocycles. The Labute approximate surface area is 274 Å². The molecular weight excluding hydrogens is 596 g/mol. The lowest BCUT2D eigenvalue weighted by atomic mass is 9.87. The second kappa shape index (κ2) is 15.4. The maximum absolute atomic E-state index is 14.4. The van der Waals surface area contributed by atoms with Crippen molar-refractivity contribution in [2.45, 2.75) is 38.9 Å². The smallest absolute Gasteiger partial charge is 0.340 e. The van der Waals surface area contributed by atoms with Crippen LogP contribution in [0.2, 0.25) is 0 Å². The molecule has 0 aliphatic heterocycles. The zero-order valence-corrected chi connectivity index (χ0v) is 26.7. The lowest BCUT2D eigenvalue weighted by molar-refractivity contribution is 0.0600. The molecule has 5 rings (SSSR count). The van der Waals surface area contributed by atoms with Crippen molar-refractivity contribution < 1.29 is 27.8 Å². The number of fused-ring (bicyclic) bond motifs is 1. The van der Waals surface area contributed by atoms with Gasteiger partial charge in [0.25, 0.3) is 0 Å². The van der Waals surface area contributed by atoms with Gasteiger partial charge in [0.1, 0.15) is 17.7 Å². The Morgan fingerprint density at radius 3 is 2.13 bits per heavy atom. The molecule has 0 aliphatic rings. The van der Waals surface area contributed by atoms with E-state index in [-0.39, 0.29) is 29.8 Å². The van der Waals surface area contributed by atoms with Crippen molar-refractivity contribution in [3.63, 3.8) is 0 Å². The number of aromatic nitrogens is 1. The molecule has 0 radical (unpaired) electrons. The molecule has 240 valence electrons. The van der Waals surface area contributed by atoms with Crippen molar-refractivity contribution >= 4 is 16.7 Å². The molecule has 5 aromatic rings. The molecule has 5 nitrogen and oxygen atoms in total. The summed E-state index contributed by atoms with van der Waals surface area (Å²) in [7, 11) is 1.29. The van der Waals surface area contributed by atoms with Crippen molar-refractivity contribution in [1.29, 1.82) is 0 Å². The minimum atomic E-state index is -0.795. The highest BCUT2D eigenvalue weighted by Gasteiger charge is 2.33. The third-order valence-electron chi connectivity index (χ3n) is 8.00. The Balaban J connectivity index is 1.93. The second-order valence-electron chi connectivity index (χ2n) is 11.0. The molecule has 0 aliphatic carbocycles. The van der Waals surface area contributed by atoms with Gasteiger partial charge in [0.05, 0.1) is 36.6 Å². The van der Waals surface area contributed by atoms with E-state index in [2.05, 4.69) is 6.58 Å². The standard InChI is InChI=1S/C40H37F2NO4/c1-5-8-11-24-46-38(30-15-14-26-12-9-10-13-29(26)25-30)36-34(27-16-20-31(41)21-17-27)35(40(44)45-4)37(28-18-22-32(42)23-19-28)43-39(36)47-33(6-2)7-3/h5,8-23,25,33,38H,1,6-7,24H2,2-4H3/b11-8+. The number of halogens is 2. The van der Waals surface area contributed by atoms with E-state index >= 15 is 0 Å². The molecule has 0 spiro atoms. The molecule has 1 unspecified atom stereocenters. The predicted octanol–water partition coefficient (Wildman–Crippen LogP) is 10.0. The highest BCUT2D eigenvalue weighted by molar-refractivity contribution is 6.04. The van der Waals surface area contributed by atoms with E-state index in [1.54, 1.807) is 36.4 Å². The number of methoxy groups -OCH3 is 1. The Bertz CT molecular complexity index is 1880. The Hall–Kier alpha value is -5.14. The van der Waals surface area contributed by atoms with Crippen LogP contribution in [0, 0.1) is 11.6 Å². The second-order valence-corrected chi connectivity index (χ2v) is 11.0. The summed E-state index contributed by atoms with van der Waals surface area (Å²) in [4.78, 5) is 18.9. The average molecular weight is 634 g/mol. The summed E-state index contributed by atoms with van der Waals surface area (Å²) in [5.41, 5.74) is 3.06. The van der Waals surface area contributed by atoms with E-state index in [9.17, 15) is 13.6 Å². The molecule has 47 heavy (non-hydrogen) atoms. The number of benzene rings is 4. The molecule has 0 bridgehead atoms. The van der Waals surface area contributed by atoms with Crippen molar-refractivity contribution in [2.75, 3.05) is 13.7 Å². The van der Waals surface area contributed by atoms with Crippen LogP contribution in [-0.4, -0.2) is 30.8 Å². The molecule has 1 aromatic heterocycles. The summed E-state index contributed by atoms with van der Waals surface area (Å²) in [6.07, 6.45) is 5.66. The maximum Gasteiger partial charge on any atom is 0.340 e. The van der Waals surface area contributed by atoms with Gasteiger partial charge in [-0.2, -0.15) is 0 Å². The first-order valence-corrected chi connectivity index (χ1v) is 15.6. The largest absolute Gasteiger partial charge is 0.474 e. The lowest BCUT2D eigenvalue weighted by Gasteiger charge is -2.28. The minimum absolute atomic E-state index is 0.119. The number of hydrogen-bond acceptors (Lipinski definition) is 5. The first-order chi connectivity index (χ1) is 22.9. The first kappa shape index (κ1) is 33.2. The van der Waals surface area contributed by atoms with Crippen LogP contribution in [0.25, 0.3) is 33.2 Å². The quantitative estimate of drug-likeness (QED) is 0.0954. The highest BCUT2D eigenvalue weighted by atomic mass is 19.1. The third kappa shape index (κ3) is 7.47. The van der Waals surface area contributed by atoms with Gasteiger partial charge in [0.2, 0.25) is 5.88 Å². The summed E-state index contributed by atoms with van der Waals surface area (Å²) in [5, 5.41) is 2.05. The summed E-state index contributed by atoms with van der Waals surface area (Å²) < 4.78 is 47.1. The molecule has 0 amide bonds. The SMILES string of the molecule is C=C/C=C/COC(c1ccc2ccccc2c1)c1c(OC(CC)CC)nc(-c2ccc(F)cc2)c(C(=O)OC)c1-c1ccc(F)cc1. The summed E-state index contributed by atoms with van der Waals surface area (Å²) in [5.74, 6) is -1.30. The number of nitrogens with zero attached hydrogens (tertiary/aromatic N) is 1. The zero-order chi connectivity index (χ0) is 33.3. The molecular formula is C40H37F2NO4. The molecule has 1 heterocycles. The number of allylic oxidation sites excluding steroid dienone is 2. The van der Waals surface area contributed by atoms with Crippen LogP contribution in [0.3, 0.4) is 0 Å². The van der Waals surface area contributed by atoms with Gasteiger partial charge in [0.15, 0.2) is 0 Å². The highest BCUT2D eigenvalue weighted by Crippen LogP contribution is 2.46. The van der Waals surface area contributed by atoms with Crippen LogP contribution in [0.15, 0.2) is 116 Å². The van der Waals surface area contributed by atoms with Gasteiger partial charge >= 0.3 is 5.97 Å². The lowest BCUT2D eigenvalue weighted by Crippen LogP contribution is -2.21. The van der Waals surface area contributed by atoms with Crippen LogP contribution in [-0.2, 0) is 9.47 Å². The molecule has 7 heteroatoms. The Morgan fingerprint density at radius 2 is 1.51 bits per heavy atom. The van der Waals surface area contributed by atoms with E-state index in [0.29, 0.717) is 35.1 Å². The average Bonchev–Trinajstić information content (AvgIpc) is 3.10. The van der Waals surface area contributed by atoms with Gasteiger partial charge in [0, 0.05) is 11.1 Å². The Kier molecular flexibility index (Phi) is 10.9. The molecule has 0 fully saturated rings. The maximum atomic E-state index is 14.4. The fourth-order valence-electron chi connectivity index (χ4n) is 5.58. The van der Waals surface area contributed by atoms with Gasteiger partial charge in [-0.05, 0) is 77.2 Å². The molecule has 0 saturated carbocycles. The fourth-order valence-corrected chi connectivity index (χ4v) is 5.58. The normalized spacial score (nSPS) is 12.0. The van der Waals surface area contributed by atoms with Crippen LogP contribution in [0.5, 0.6) is 5.88 Å². The van der Waals surface area contributed by atoms with E-state index in [1.807, 2.05) is 62.4 Å². The predicted molar refractivity (Wildman–Crippen MR) is 182 cm³/mol. The van der Waals surface area contributed by atoms with Crippen LogP contribution in [0.4, 0.5) is 8.78 Å². The van der Waals surface area contributed by atoms with Gasteiger partial charge in [-0.15, -0.1) is 0 Å². The zero-order valence-electron chi connectivity index (χ0n) is 26.7. The van der Waals surface area contributed by atoms with E-state index < -0.39 is 23.7 Å². The van der Waals surface area contributed by atoms with Crippen molar-refractivity contribution in [2.24, 2.45) is 0 Å². The number of rotatable bonds is 13. The minimum Gasteiger partial charge on any atom is -0.474 e. The molecule has 0 N–H and O–H groups in total. The first-order valence-electron chi connectivity index (χ1n) is 15.6. The summed E-state index contributed by atoms with van der Waals surface area (Å²) in [6, 6.07) is 25.6. The van der Waals surface area contributed by atoms with E-state index in [1.165, 1.54) is 31.4 Å².